The standard InChI is InChI=1S/C30H41ClO12/c1-9-10-22(35)42-21-13-20(40-17(5)33)28(7)19(39-16(4)32)12-11-14(2)23(31)25-30(38,15(3)27(36)43-25)26(41-18(6)34)24(28)29(21,8)37/h11-12,15,19-21,23-26,37-38H,2,9-10,13H2,1,3-8H3/b12-11-/t15-,19-,20-,21+,23-,24+,25-,26+,28-,29+,30-/m0/s1. The van der Waals surface area contributed by atoms with Gasteiger partial charge in [-0.3, -0.25) is 24.0 Å². The molecular formula is C30H41ClO12. The van der Waals surface area contributed by atoms with Crippen molar-refractivity contribution >= 4 is 41.4 Å². The van der Waals surface area contributed by atoms with E-state index in [9.17, 15) is 34.2 Å². The van der Waals surface area contributed by atoms with Crippen LogP contribution in [0.1, 0.15) is 67.7 Å². The molecule has 1 aliphatic heterocycles. The van der Waals surface area contributed by atoms with Gasteiger partial charge >= 0.3 is 29.8 Å². The lowest BCUT2D eigenvalue weighted by Gasteiger charge is -2.60. The number of aliphatic hydroxyl groups is 2. The molecule has 0 spiro atoms. The van der Waals surface area contributed by atoms with Gasteiger partial charge in [0.2, 0.25) is 0 Å². The number of rotatable bonds is 6. The van der Waals surface area contributed by atoms with E-state index in [2.05, 4.69) is 6.58 Å². The molecule has 1 saturated heterocycles. The van der Waals surface area contributed by atoms with E-state index in [1.54, 1.807) is 6.92 Å². The first-order valence-electron chi connectivity index (χ1n) is 14.2. The first-order valence-corrected chi connectivity index (χ1v) is 14.6. The molecule has 13 heteroatoms. The summed E-state index contributed by atoms with van der Waals surface area (Å²) < 4.78 is 28.6. The highest BCUT2D eigenvalue weighted by Crippen LogP contribution is 2.58. The molecule has 12 nitrogen and oxygen atoms in total. The van der Waals surface area contributed by atoms with Crippen LogP contribution in [0.25, 0.3) is 0 Å². The highest BCUT2D eigenvalue weighted by molar-refractivity contribution is 6.23. The van der Waals surface area contributed by atoms with E-state index in [-0.39, 0.29) is 18.4 Å². The maximum atomic E-state index is 13.0. The molecule has 2 fully saturated rings. The molecule has 0 unspecified atom stereocenters. The van der Waals surface area contributed by atoms with Crippen molar-refractivity contribution in [3.05, 3.63) is 24.3 Å². The largest absolute Gasteiger partial charge is 0.462 e. The number of carbonyl (C=O) groups is 5. The van der Waals surface area contributed by atoms with Gasteiger partial charge in [-0.1, -0.05) is 26.5 Å². The van der Waals surface area contributed by atoms with Crippen LogP contribution < -0.4 is 0 Å². The smallest absolute Gasteiger partial charge is 0.312 e. The fourth-order valence-corrected chi connectivity index (χ4v) is 7.12. The monoisotopic (exact) mass is 628 g/mol. The van der Waals surface area contributed by atoms with E-state index in [4.69, 9.17) is 35.3 Å². The summed E-state index contributed by atoms with van der Waals surface area (Å²) in [5.41, 5.74) is -6.11. The number of alkyl halides is 1. The summed E-state index contributed by atoms with van der Waals surface area (Å²) in [6, 6.07) is 0. The van der Waals surface area contributed by atoms with Gasteiger partial charge in [0.1, 0.15) is 30.0 Å². The number of hydrogen-bond acceptors (Lipinski definition) is 12. The molecule has 2 N–H and O–H groups in total. The lowest BCUT2D eigenvalue weighted by molar-refractivity contribution is -0.288. The van der Waals surface area contributed by atoms with Crippen molar-refractivity contribution in [2.75, 3.05) is 0 Å². The Morgan fingerprint density at radius 2 is 1.60 bits per heavy atom. The number of ether oxygens (including phenoxy) is 5. The minimum Gasteiger partial charge on any atom is -0.462 e. The van der Waals surface area contributed by atoms with Gasteiger partial charge in [0.05, 0.1) is 16.7 Å². The van der Waals surface area contributed by atoms with Crippen molar-refractivity contribution in [1.82, 2.24) is 0 Å². The van der Waals surface area contributed by atoms with Crippen LogP contribution >= 0.6 is 11.6 Å². The zero-order valence-corrected chi connectivity index (χ0v) is 26.2. The Morgan fingerprint density at radius 1 is 1.02 bits per heavy atom. The summed E-state index contributed by atoms with van der Waals surface area (Å²) in [5.74, 6) is -6.81. The second kappa shape index (κ2) is 12.6. The molecule has 11 atom stereocenters. The zero-order chi connectivity index (χ0) is 32.7. The Kier molecular flexibility index (Phi) is 10.1. The fourth-order valence-electron chi connectivity index (χ4n) is 6.79. The van der Waals surface area contributed by atoms with Crippen LogP contribution in [0.3, 0.4) is 0 Å². The van der Waals surface area contributed by atoms with Crippen LogP contribution in [0.4, 0.5) is 0 Å². The predicted octanol–water partition coefficient (Wildman–Crippen LogP) is 2.30. The Bertz CT molecular complexity index is 1200. The molecule has 1 saturated carbocycles. The molecule has 0 aromatic heterocycles. The van der Waals surface area contributed by atoms with Gasteiger partial charge in [-0.15, -0.1) is 11.6 Å². The Labute approximate surface area is 255 Å². The van der Waals surface area contributed by atoms with Crippen molar-refractivity contribution in [2.24, 2.45) is 17.3 Å². The van der Waals surface area contributed by atoms with Gasteiger partial charge in [0.15, 0.2) is 11.7 Å². The number of fused-ring (bicyclic) bond motifs is 2. The van der Waals surface area contributed by atoms with Crippen LogP contribution in [0.2, 0.25) is 0 Å². The van der Waals surface area contributed by atoms with E-state index in [1.807, 2.05) is 0 Å². The maximum absolute atomic E-state index is 13.0. The first-order chi connectivity index (χ1) is 19.8. The van der Waals surface area contributed by atoms with Crippen LogP contribution in [-0.2, 0) is 47.7 Å². The summed E-state index contributed by atoms with van der Waals surface area (Å²) in [4.78, 5) is 63.4. The summed E-state index contributed by atoms with van der Waals surface area (Å²) >= 11 is 6.72. The second-order valence-corrected chi connectivity index (χ2v) is 12.5. The van der Waals surface area contributed by atoms with E-state index in [0.29, 0.717) is 6.42 Å². The van der Waals surface area contributed by atoms with E-state index < -0.39 is 94.2 Å². The summed E-state index contributed by atoms with van der Waals surface area (Å²) in [6.45, 7) is 13.3. The number of esters is 5. The molecule has 43 heavy (non-hydrogen) atoms. The Hall–Kier alpha value is -2.96. The molecule has 0 aromatic rings. The SMILES string of the molecule is C=C1/C=C\[C@H](OC(C)=O)[C@@]2(C)[C@@H](OC(C)=O)C[C@@H](OC(=O)CCC)[C@@](C)(O)[C@@H]2[C@@H](OC(C)=O)[C@]2(O)[C@@H](C)C(=O)O[C@H]2[C@H]1Cl. The van der Waals surface area contributed by atoms with Crippen molar-refractivity contribution in [3.8, 4) is 0 Å². The van der Waals surface area contributed by atoms with Crippen LogP contribution in [0.15, 0.2) is 24.3 Å². The lowest BCUT2D eigenvalue weighted by Crippen LogP contribution is -2.74. The third-order valence-corrected chi connectivity index (χ3v) is 9.43. The van der Waals surface area contributed by atoms with Gasteiger partial charge in [-0.2, -0.15) is 0 Å². The minimum absolute atomic E-state index is 0.0142. The lowest BCUT2D eigenvalue weighted by atomic mass is 9.51. The molecule has 0 bridgehead atoms. The quantitative estimate of drug-likeness (QED) is 0.250. The highest BCUT2D eigenvalue weighted by Gasteiger charge is 2.73. The molecule has 2 aliphatic carbocycles. The van der Waals surface area contributed by atoms with Crippen molar-refractivity contribution in [2.45, 2.75) is 115 Å². The third kappa shape index (κ3) is 6.19. The van der Waals surface area contributed by atoms with Crippen LogP contribution in [-0.4, -0.2) is 87.2 Å². The number of allylic oxidation sites excluding steroid dienone is 1. The van der Waals surface area contributed by atoms with Crippen LogP contribution in [0, 0.1) is 17.3 Å². The molecule has 3 rings (SSSR count). The topological polar surface area (TPSA) is 172 Å². The molecule has 1 heterocycles. The first kappa shape index (κ1) is 34.5. The summed E-state index contributed by atoms with van der Waals surface area (Å²) in [7, 11) is 0. The predicted molar refractivity (Wildman–Crippen MR) is 150 cm³/mol. The average Bonchev–Trinajstić information content (AvgIpc) is 3.11. The van der Waals surface area contributed by atoms with E-state index in [0.717, 1.165) is 20.8 Å². The maximum Gasteiger partial charge on any atom is 0.312 e. The summed E-state index contributed by atoms with van der Waals surface area (Å²) in [6.07, 6.45) is -4.23. The van der Waals surface area contributed by atoms with Gasteiger partial charge < -0.3 is 33.9 Å². The minimum atomic E-state index is -2.41. The third-order valence-electron chi connectivity index (χ3n) is 8.92. The van der Waals surface area contributed by atoms with Crippen molar-refractivity contribution in [1.29, 1.82) is 0 Å². The molecule has 0 aromatic carbocycles. The second-order valence-electron chi connectivity index (χ2n) is 12.0. The molecule has 0 amide bonds. The highest BCUT2D eigenvalue weighted by atomic mass is 35.5. The molecule has 0 radical (unpaired) electrons. The number of halogens is 1. The van der Waals surface area contributed by atoms with Gasteiger partial charge in [-0.25, -0.2) is 0 Å². The summed E-state index contributed by atoms with van der Waals surface area (Å²) in [5, 5.41) is 23.7. The van der Waals surface area contributed by atoms with Gasteiger partial charge in [-0.05, 0) is 31.9 Å². The average molecular weight is 629 g/mol. The van der Waals surface area contributed by atoms with E-state index in [1.165, 1.54) is 32.9 Å². The number of hydrogen-bond donors (Lipinski definition) is 2. The van der Waals surface area contributed by atoms with E-state index >= 15 is 0 Å². The molecule has 3 aliphatic rings. The van der Waals surface area contributed by atoms with Crippen molar-refractivity contribution < 1.29 is 57.9 Å². The Balaban J connectivity index is 2.47. The van der Waals surface area contributed by atoms with Crippen LogP contribution in [0.5, 0.6) is 0 Å². The molecular weight excluding hydrogens is 588 g/mol. The van der Waals surface area contributed by atoms with Gasteiger partial charge in [0, 0.05) is 39.5 Å². The van der Waals surface area contributed by atoms with Gasteiger partial charge in [0.25, 0.3) is 0 Å². The Morgan fingerprint density at radius 3 is 2.14 bits per heavy atom. The molecule has 240 valence electrons. The normalized spacial score (nSPS) is 41.5. The fraction of sp³-hybridized carbons (Fsp3) is 0.700. The van der Waals surface area contributed by atoms with Crippen molar-refractivity contribution in [3.63, 3.8) is 0 Å². The number of carbonyl (C=O) groups excluding carboxylic acids is 5. The zero-order valence-electron chi connectivity index (χ0n) is 25.5.